The van der Waals surface area contributed by atoms with Crippen LogP contribution in [0.25, 0.3) is 11.4 Å². The van der Waals surface area contributed by atoms with Gasteiger partial charge in [-0.25, -0.2) is 0 Å². The van der Waals surface area contributed by atoms with Gasteiger partial charge >= 0.3 is 0 Å². The summed E-state index contributed by atoms with van der Waals surface area (Å²) in [6, 6.07) is 9.39. The van der Waals surface area contributed by atoms with Crippen molar-refractivity contribution in [2.45, 2.75) is 19.3 Å². The van der Waals surface area contributed by atoms with Gasteiger partial charge in [0.25, 0.3) is 0 Å². The molecule has 0 fully saturated rings. The van der Waals surface area contributed by atoms with E-state index in [0.29, 0.717) is 37.5 Å². The van der Waals surface area contributed by atoms with Gasteiger partial charge in [0.15, 0.2) is 11.5 Å². The van der Waals surface area contributed by atoms with Crippen LogP contribution in [0.15, 0.2) is 47.2 Å². The summed E-state index contributed by atoms with van der Waals surface area (Å²) in [7, 11) is 0. The number of nitrogens with one attached hydrogen (secondary N) is 1. The molecule has 0 saturated heterocycles. The average Bonchev–Trinajstić information content (AvgIpc) is 3.36. The van der Waals surface area contributed by atoms with Crippen LogP contribution in [0.1, 0.15) is 17.9 Å². The van der Waals surface area contributed by atoms with Crippen molar-refractivity contribution in [1.29, 1.82) is 0 Å². The molecule has 1 aliphatic rings. The number of benzene rings is 1. The van der Waals surface area contributed by atoms with Gasteiger partial charge in [-0.05, 0) is 36.2 Å². The minimum atomic E-state index is -0.0281. The Morgan fingerprint density at radius 1 is 1.15 bits per heavy atom. The number of pyridine rings is 1. The normalized spacial score (nSPS) is 12.1. The standard InChI is InChI=1S/C19H18N4O4/c24-17(6-4-13-3-5-15-16(10-13)26-12-25-15)21-9-7-18-22-19(23-27-18)14-2-1-8-20-11-14/h1-3,5,8,10-11H,4,6-7,9,12H2,(H,21,24). The molecule has 8 nitrogen and oxygen atoms in total. The average molecular weight is 366 g/mol. The Morgan fingerprint density at radius 2 is 2.07 bits per heavy atom. The van der Waals surface area contributed by atoms with Crippen molar-refractivity contribution in [2.24, 2.45) is 0 Å². The number of carbonyl (C=O) groups is 1. The van der Waals surface area contributed by atoms with Crippen molar-refractivity contribution in [2.75, 3.05) is 13.3 Å². The molecule has 1 aliphatic heterocycles. The third-order valence-corrected chi connectivity index (χ3v) is 4.13. The lowest BCUT2D eigenvalue weighted by Gasteiger charge is -2.05. The number of ether oxygens (including phenoxy) is 2. The topological polar surface area (TPSA) is 99.4 Å². The van der Waals surface area contributed by atoms with Crippen molar-refractivity contribution >= 4 is 5.91 Å². The van der Waals surface area contributed by atoms with Gasteiger partial charge in [0.05, 0.1) is 0 Å². The third-order valence-electron chi connectivity index (χ3n) is 4.13. The number of nitrogens with zero attached hydrogens (tertiary/aromatic N) is 3. The number of carbonyl (C=O) groups excluding carboxylic acids is 1. The van der Waals surface area contributed by atoms with Gasteiger partial charge in [-0.3, -0.25) is 9.78 Å². The minimum absolute atomic E-state index is 0.0281. The number of amides is 1. The van der Waals surface area contributed by atoms with Gasteiger partial charge in [-0.1, -0.05) is 11.2 Å². The van der Waals surface area contributed by atoms with E-state index in [4.69, 9.17) is 14.0 Å². The van der Waals surface area contributed by atoms with E-state index in [1.54, 1.807) is 12.4 Å². The summed E-state index contributed by atoms with van der Waals surface area (Å²) in [5.41, 5.74) is 1.83. The fourth-order valence-electron chi connectivity index (χ4n) is 2.72. The second-order valence-corrected chi connectivity index (χ2v) is 6.04. The predicted molar refractivity (Wildman–Crippen MR) is 95.1 cm³/mol. The molecule has 3 aromatic rings. The lowest BCUT2D eigenvalue weighted by molar-refractivity contribution is -0.121. The highest BCUT2D eigenvalue weighted by atomic mass is 16.7. The third kappa shape index (κ3) is 4.22. The van der Waals surface area contributed by atoms with E-state index in [2.05, 4.69) is 20.4 Å². The Hall–Kier alpha value is -3.42. The second-order valence-electron chi connectivity index (χ2n) is 6.04. The number of aromatic nitrogens is 3. The Morgan fingerprint density at radius 3 is 2.96 bits per heavy atom. The second kappa shape index (κ2) is 7.86. The summed E-state index contributed by atoms with van der Waals surface area (Å²) in [6.07, 6.45) is 4.86. The van der Waals surface area contributed by atoms with Crippen LogP contribution in [0, 0.1) is 0 Å². The largest absolute Gasteiger partial charge is 0.454 e. The molecular formula is C19H18N4O4. The smallest absolute Gasteiger partial charge is 0.231 e. The van der Waals surface area contributed by atoms with E-state index < -0.39 is 0 Å². The van der Waals surface area contributed by atoms with E-state index in [1.807, 2.05) is 30.3 Å². The maximum atomic E-state index is 12.0. The van der Waals surface area contributed by atoms with E-state index in [9.17, 15) is 4.79 Å². The molecule has 1 amide bonds. The van der Waals surface area contributed by atoms with Gasteiger partial charge in [0.1, 0.15) is 0 Å². The van der Waals surface area contributed by atoms with Crippen molar-refractivity contribution in [1.82, 2.24) is 20.4 Å². The zero-order valence-corrected chi connectivity index (χ0v) is 14.6. The van der Waals surface area contributed by atoms with Crippen LogP contribution in [-0.2, 0) is 17.6 Å². The molecule has 0 radical (unpaired) electrons. The van der Waals surface area contributed by atoms with Crippen molar-refractivity contribution in [3.8, 4) is 22.9 Å². The highest BCUT2D eigenvalue weighted by molar-refractivity contribution is 5.76. The van der Waals surface area contributed by atoms with Crippen LogP contribution in [-0.4, -0.2) is 34.4 Å². The molecular weight excluding hydrogens is 348 g/mol. The lowest BCUT2D eigenvalue weighted by Crippen LogP contribution is -2.25. The molecule has 138 valence electrons. The molecule has 2 aromatic heterocycles. The van der Waals surface area contributed by atoms with Crippen molar-refractivity contribution in [3.05, 3.63) is 54.2 Å². The summed E-state index contributed by atoms with van der Waals surface area (Å²) in [4.78, 5) is 20.4. The zero-order chi connectivity index (χ0) is 18.5. The summed E-state index contributed by atoms with van der Waals surface area (Å²) in [5.74, 6) is 2.42. The summed E-state index contributed by atoms with van der Waals surface area (Å²) >= 11 is 0. The first-order valence-electron chi connectivity index (χ1n) is 8.66. The molecule has 1 N–H and O–H groups in total. The number of hydrogen-bond donors (Lipinski definition) is 1. The maximum absolute atomic E-state index is 12.0. The van der Waals surface area contributed by atoms with E-state index >= 15 is 0 Å². The van der Waals surface area contributed by atoms with Crippen LogP contribution in [0.5, 0.6) is 11.5 Å². The van der Waals surface area contributed by atoms with E-state index in [-0.39, 0.29) is 12.7 Å². The van der Waals surface area contributed by atoms with Crippen LogP contribution in [0.2, 0.25) is 0 Å². The fraction of sp³-hybridized carbons (Fsp3) is 0.263. The van der Waals surface area contributed by atoms with E-state index in [1.165, 1.54) is 0 Å². The maximum Gasteiger partial charge on any atom is 0.231 e. The molecule has 0 saturated carbocycles. The molecule has 27 heavy (non-hydrogen) atoms. The van der Waals surface area contributed by atoms with Crippen LogP contribution in [0.4, 0.5) is 0 Å². The molecule has 0 aliphatic carbocycles. The van der Waals surface area contributed by atoms with Gasteiger partial charge in [-0.15, -0.1) is 0 Å². The lowest BCUT2D eigenvalue weighted by atomic mass is 10.1. The highest BCUT2D eigenvalue weighted by Gasteiger charge is 2.14. The first-order valence-corrected chi connectivity index (χ1v) is 8.66. The van der Waals surface area contributed by atoms with Crippen molar-refractivity contribution < 1.29 is 18.8 Å². The Bertz CT molecular complexity index is 926. The predicted octanol–water partition coefficient (Wildman–Crippen LogP) is 2.15. The molecule has 3 heterocycles. The van der Waals surface area contributed by atoms with Gasteiger partial charge < -0.3 is 19.3 Å². The quantitative estimate of drug-likeness (QED) is 0.684. The molecule has 0 unspecified atom stereocenters. The summed E-state index contributed by atoms with van der Waals surface area (Å²) in [6.45, 7) is 0.687. The Balaban J connectivity index is 1.21. The first kappa shape index (κ1) is 17.0. The minimum Gasteiger partial charge on any atom is -0.454 e. The highest BCUT2D eigenvalue weighted by Crippen LogP contribution is 2.32. The zero-order valence-electron chi connectivity index (χ0n) is 14.6. The molecule has 4 rings (SSSR count). The number of hydrogen-bond acceptors (Lipinski definition) is 7. The fourth-order valence-corrected chi connectivity index (χ4v) is 2.72. The molecule has 0 spiro atoms. The molecule has 0 atom stereocenters. The SMILES string of the molecule is O=C(CCc1ccc2c(c1)OCO2)NCCc1nc(-c2cccnc2)no1. The monoisotopic (exact) mass is 366 g/mol. The van der Waals surface area contributed by atoms with Crippen LogP contribution in [0.3, 0.4) is 0 Å². The van der Waals surface area contributed by atoms with E-state index in [0.717, 1.165) is 22.6 Å². The number of rotatable bonds is 7. The molecule has 0 bridgehead atoms. The summed E-state index contributed by atoms with van der Waals surface area (Å²) in [5, 5.41) is 6.80. The molecule has 8 heteroatoms. The molecule has 1 aromatic carbocycles. The number of aryl methyl sites for hydroxylation is 1. The van der Waals surface area contributed by atoms with Gasteiger partial charge in [-0.2, -0.15) is 4.98 Å². The van der Waals surface area contributed by atoms with Crippen molar-refractivity contribution in [3.63, 3.8) is 0 Å². The first-order chi connectivity index (χ1) is 13.3. The van der Waals surface area contributed by atoms with Gasteiger partial charge in [0, 0.05) is 37.3 Å². The Kier molecular flexibility index (Phi) is 4.95. The van der Waals surface area contributed by atoms with Gasteiger partial charge in [0.2, 0.25) is 24.4 Å². The number of fused-ring (bicyclic) bond motifs is 1. The van der Waals surface area contributed by atoms with Crippen LogP contribution >= 0.6 is 0 Å². The Labute approximate surface area is 155 Å². The van der Waals surface area contributed by atoms with Crippen LogP contribution < -0.4 is 14.8 Å². The summed E-state index contributed by atoms with van der Waals surface area (Å²) < 4.78 is 15.8.